The lowest BCUT2D eigenvalue weighted by Gasteiger charge is -2.35. The minimum Gasteiger partial charge on any atom is -0.452 e. The zero-order valence-corrected chi connectivity index (χ0v) is 17.8. The second kappa shape index (κ2) is 9.22. The number of rotatable bonds is 5. The maximum absolute atomic E-state index is 13.1. The number of amides is 1. The molecule has 1 aliphatic heterocycles. The maximum atomic E-state index is 13.1. The number of hydrogen-bond acceptors (Lipinski definition) is 5. The Labute approximate surface area is 176 Å². The Hall–Kier alpha value is -2.99. The molecule has 0 bridgehead atoms. The second-order valence-corrected chi connectivity index (χ2v) is 7.83. The van der Waals surface area contributed by atoms with E-state index in [0.717, 1.165) is 11.1 Å². The summed E-state index contributed by atoms with van der Waals surface area (Å²) in [6.07, 6.45) is -0.131. The summed E-state index contributed by atoms with van der Waals surface area (Å²) >= 11 is 0. The molecule has 0 aromatic heterocycles. The summed E-state index contributed by atoms with van der Waals surface area (Å²) in [5.74, 6) is -1.21. The fourth-order valence-electron chi connectivity index (χ4n) is 3.66. The molecule has 0 aliphatic carbocycles. The van der Waals surface area contributed by atoms with Crippen LogP contribution in [0.15, 0.2) is 42.5 Å². The van der Waals surface area contributed by atoms with Crippen molar-refractivity contribution in [1.29, 1.82) is 0 Å². The van der Waals surface area contributed by atoms with Crippen molar-refractivity contribution in [3.8, 4) is 0 Å². The highest BCUT2D eigenvalue weighted by Gasteiger charge is 2.27. The molecule has 0 saturated carbocycles. The largest absolute Gasteiger partial charge is 0.452 e. The molecule has 1 amide bonds. The smallest absolute Gasteiger partial charge is 0.339 e. The number of ether oxygens (including phenoxy) is 2. The minimum atomic E-state index is -0.688. The van der Waals surface area contributed by atoms with Gasteiger partial charge in [-0.25, -0.2) is 4.79 Å². The molecule has 30 heavy (non-hydrogen) atoms. The van der Waals surface area contributed by atoms with E-state index in [0.29, 0.717) is 18.7 Å². The highest BCUT2D eigenvalue weighted by molar-refractivity contribution is 6.15. The SMILES string of the molecule is Cc1ccc(C)c(C(=O)c2ccccc2C(=O)OCC(=O)N2C[C@H](C)O[C@@H](C)C2)c1. The van der Waals surface area contributed by atoms with Crippen LogP contribution in [0.25, 0.3) is 0 Å². The van der Waals surface area contributed by atoms with Crippen molar-refractivity contribution in [2.24, 2.45) is 0 Å². The Balaban J connectivity index is 1.74. The van der Waals surface area contributed by atoms with Gasteiger partial charge in [0.15, 0.2) is 12.4 Å². The van der Waals surface area contributed by atoms with E-state index in [2.05, 4.69) is 0 Å². The average molecular weight is 409 g/mol. The van der Waals surface area contributed by atoms with E-state index in [1.54, 1.807) is 29.2 Å². The summed E-state index contributed by atoms with van der Waals surface area (Å²) < 4.78 is 10.9. The van der Waals surface area contributed by atoms with Crippen LogP contribution in [0.1, 0.15) is 51.3 Å². The Kier molecular flexibility index (Phi) is 6.67. The predicted octanol–water partition coefficient (Wildman–Crippen LogP) is 3.33. The van der Waals surface area contributed by atoms with Crippen LogP contribution in [0.5, 0.6) is 0 Å². The third kappa shape index (κ3) is 4.94. The van der Waals surface area contributed by atoms with E-state index in [-0.39, 0.29) is 41.6 Å². The van der Waals surface area contributed by atoms with Crippen LogP contribution in [-0.4, -0.2) is 54.5 Å². The van der Waals surface area contributed by atoms with Gasteiger partial charge in [0.1, 0.15) is 0 Å². The standard InChI is InChI=1S/C24H27NO5/c1-15-9-10-16(2)21(11-15)23(27)19-7-5-6-8-20(19)24(28)29-14-22(26)25-12-17(3)30-18(4)13-25/h5-11,17-18H,12-14H2,1-4H3/t17-,18-/m0/s1. The second-order valence-electron chi connectivity index (χ2n) is 7.83. The summed E-state index contributed by atoms with van der Waals surface area (Å²) in [5, 5.41) is 0. The molecule has 3 rings (SSSR count). The average Bonchev–Trinajstić information content (AvgIpc) is 2.72. The highest BCUT2D eigenvalue weighted by atomic mass is 16.5. The Morgan fingerprint density at radius 1 is 0.967 bits per heavy atom. The van der Waals surface area contributed by atoms with E-state index in [1.807, 2.05) is 45.9 Å². The quantitative estimate of drug-likeness (QED) is 0.560. The van der Waals surface area contributed by atoms with Gasteiger partial charge in [0, 0.05) is 24.2 Å². The van der Waals surface area contributed by atoms with Crippen molar-refractivity contribution in [3.05, 3.63) is 70.3 Å². The molecule has 0 unspecified atom stereocenters. The molecule has 1 aliphatic rings. The molecule has 0 spiro atoms. The Morgan fingerprint density at radius 3 is 2.27 bits per heavy atom. The van der Waals surface area contributed by atoms with Gasteiger partial charge in [-0.15, -0.1) is 0 Å². The predicted molar refractivity (Wildman–Crippen MR) is 113 cm³/mol. The number of carbonyl (C=O) groups excluding carboxylic acids is 3. The van der Waals surface area contributed by atoms with E-state index in [1.165, 1.54) is 0 Å². The van der Waals surface area contributed by atoms with Crippen molar-refractivity contribution in [3.63, 3.8) is 0 Å². The fraction of sp³-hybridized carbons (Fsp3) is 0.375. The molecule has 2 atom stereocenters. The van der Waals surface area contributed by atoms with Crippen LogP contribution in [-0.2, 0) is 14.3 Å². The molecule has 1 fully saturated rings. The highest BCUT2D eigenvalue weighted by Crippen LogP contribution is 2.20. The van der Waals surface area contributed by atoms with Gasteiger partial charge < -0.3 is 14.4 Å². The zero-order valence-electron chi connectivity index (χ0n) is 17.8. The van der Waals surface area contributed by atoms with Crippen LogP contribution in [0.4, 0.5) is 0 Å². The normalized spacial score (nSPS) is 18.7. The molecule has 0 N–H and O–H groups in total. The van der Waals surface area contributed by atoms with Crippen LogP contribution < -0.4 is 0 Å². The Morgan fingerprint density at radius 2 is 1.60 bits per heavy atom. The molecular formula is C24H27NO5. The minimum absolute atomic E-state index is 0.0654. The molecular weight excluding hydrogens is 382 g/mol. The lowest BCUT2D eigenvalue weighted by Crippen LogP contribution is -2.49. The van der Waals surface area contributed by atoms with Gasteiger partial charge in [-0.05, 0) is 45.4 Å². The molecule has 6 heteroatoms. The number of carbonyl (C=O) groups is 3. The number of nitrogens with zero attached hydrogens (tertiary/aromatic N) is 1. The van der Waals surface area contributed by atoms with Crippen LogP contribution in [0.3, 0.4) is 0 Å². The first-order valence-corrected chi connectivity index (χ1v) is 10.1. The Bertz CT molecular complexity index is 958. The summed E-state index contributed by atoms with van der Waals surface area (Å²) in [5.41, 5.74) is 2.75. The number of ketones is 1. The summed E-state index contributed by atoms with van der Waals surface area (Å²) in [7, 11) is 0. The number of esters is 1. The molecule has 1 heterocycles. The first-order valence-electron chi connectivity index (χ1n) is 10.1. The van der Waals surface area contributed by atoms with Gasteiger partial charge in [0.25, 0.3) is 5.91 Å². The van der Waals surface area contributed by atoms with Gasteiger partial charge in [-0.3, -0.25) is 9.59 Å². The van der Waals surface area contributed by atoms with Gasteiger partial charge >= 0.3 is 5.97 Å². The van der Waals surface area contributed by atoms with Crippen molar-refractivity contribution in [1.82, 2.24) is 4.90 Å². The number of benzene rings is 2. The summed E-state index contributed by atoms with van der Waals surface area (Å²) in [6, 6.07) is 12.2. The van der Waals surface area contributed by atoms with E-state index < -0.39 is 5.97 Å². The van der Waals surface area contributed by atoms with Gasteiger partial charge in [-0.2, -0.15) is 0 Å². The molecule has 2 aromatic carbocycles. The number of morpholine rings is 1. The number of hydrogen-bond donors (Lipinski definition) is 0. The van der Waals surface area contributed by atoms with Crippen LogP contribution in [0, 0.1) is 13.8 Å². The zero-order chi connectivity index (χ0) is 21.8. The van der Waals surface area contributed by atoms with E-state index in [9.17, 15) is 14.4 Å². The van der Waals surface area contributed by atoms with Crippen molar-refractivity contribution in [2.45, 2.75) is 39.9 Å². The van der Waals surface area contributed by atoms with Gasteiger partial charge in [0.2, 0.25) is 0 Å². The van der Waals surface area contributed by atoms with Crippen LogP contribution in [0.2, 0.25) is 0 Å². The molecule has 158 valence electrons. The molecule has 1 saturated heterocycles. The van der Waals surface area contributed by atoms with E-state index >= 15 is 0 Å². The molecule has 2 aromatic rings. The van der Waals surface area contributed by atoms with Crippen LogP contribution >= 0.6 is 0 Å². The van der Waals surface area contributed by atoms with Gasteiger partial charge in [0.05, 0.1) is 17.8 Å². The first kappa shape index (κ1) is 21.7. The molecule has 0 radical (unpaired) electrons. The monoisotopic (exact) mass is 409 g/mol. The lowest BCUT2D eigenvalue weighted by atomic mass is 9.94. The van der Waals surface area contributed by atoms with Crippen molar-refractivity contribution >= 4 is 17.7 Å². The third-order valence-corrected chi connectivity index (χ3v) is 5.13. The molecule has 6 nitrogen and oxygen atoms in total. The fourth-order valence-corrected chi connectivity index (χ4v) is 3.66. The lowest BCUT2D eigenvalue weighted by molar-refractivity contribution is -0.146. The number of aryl methyl sites for hydroxylation is 2. The third-order valence-electron chi connectivity index (χ3n) is 5.13. The topological polar surface area (TPSA) is 72.9 Å². The van der Waals surface area contributed by atoms with Gasteiger partial charge in [-0.1, -0.05) is 35.9 Å². The van der Waals surface area contributed by atoms with E-state index in [4.69, 9.17) is 9.47 Å². The summed E-state index contributed by atoms with van der Waals surface area (Å²) in [4.78, 5) is 39.9. The van der Waals surface area contributed by atoms with Crippen molar-refractivity contribution < 1.29 is 23.9 Å². The maximum Gasteiger partial charge on any atom is 0.339 e. The summed E-state index contributed by atoms with van der Waals surface area (Å²) in [6.45, 7) is 8.12. The van der Waals surface area contributed by atoms with Crippen molar-refractivity contribution in [2.75, 3.05) is 19.7 Å². The first-order chi connectivity index (χ1) is 14.3.